The van der Waals surface area contributed by atoms with Crippen LogP contribution < -0.4 is 15.1 Å². The van der Waals surface area contributed by atoms with Crippen LogP contribution in [0.3, 0.4) is 0 Å². The number of benzene rings is 1. The summed E-state index contributed by atoms with van der Waals surface area (Å²) < 4.78 is 0. The normalized spacial score (nSPS) is 16.5. The number of nitrogens with one attached hydrogen (secondary N) is 2. The summed E-state index contributed by atoms with van der Waals surface area (Å²) >= 11 is 0. The number of aromatic nitrogens is 1. The molecule has 1 aromatic carbocycles. The van der Waals surface area contributed by atoms with Gasteiger partial charge in [0.15, 0.2) is 0 Å². The molecule has 5 heteroatoms. The molecule has 1 aromatic heterocycles. The number of rotatable bonds is 6. The van der Waals surface area contributed by atoms with Gasteiger partial charge in [-0.1, -0.05) is 32.0 Å². The molecule has 1 aliphatic heterocycles. The number of hydrogen-bond acceptors (Lipinski definition) is 3. The summed E-state index contributed by atoms with van der Waals surface area (Å²) in [6.45, 7) is 8.66. The Balaban J connectivity index is 1.67. The van der Waals surface area contributed by atoms with E-state index in [9.17, 15) is 4.79 Å². The lowest BCUT2D eigenvalue weighted by Crippen LogP contribution is -3.15. The third-order valence-corrected chi connectivity index (χ3v) is 5.11. The first-order chi connectivity index (χ1) is 12.6. The van der Waals surface area contributed by atoms with Crippen molar-refractivity contribution in [3.05, 3.63) is 60.4 Å². The summed E-state index contributed by atoms with van der Waals surface area (Å²) in [6.07, 6.45) is 3.73. The van der Waals surface area contributed by atoms with Crippen molar-refractivity contribution < 1.29 is 9.69 Å². The molecule has 2 aromatic rings. The Morgan fingerprint density at radius 2 is 1.88 bits per heavy atom. The number of hydrogen-bond donors (Lipinski definition) is 2. The van der Waals surface area contributed by atoms with Crippen LogP contribution >= 0.6 is 0 Å². The summed E-state index contributed by atoms with van der Waals surface area (Å²) in [5.41, 5.74) is 2.48. The molecule has 1 saturated heterocycles. The Labute approximate surface area is 156 Å². The zero-order valence-corrected chi connectivity index (χ0v) is 15.7. The Hall–Kier alpha value is -2.40. The van der Waals surface area contributed by atoms with E-state index in [2.05, 4.69) is 51.6 Å². The monoisotopic (exact) mass is 353 g/mol. The average Bonchev–Trinajstić information content (AvgIpc) is 2.70. The van der Waals surface area contributed by atoms with E-state index in [1.54, 1.807) is 6.20 Å². The van der Waals surface area contributed by atoms with Crippen molar-refractivity contribution in [2.75, 3.05) is 37.6 Å². The van der Waals surface area contributed by atoms with Crippen molar-refractivity contribution >= 4 is 11.6 Å². The van der Waals surface area contributed by atoms with Crippen molar-refractivity contribution in [3.63, 3.8) is 0 Å². The van der Waals surface area contributed by atoms with Crippen LogP contribution in [0.5, 0.6) is 0 Å². The number of anilines is 1. The van der Waals surface area contributed by atoms with Gasteiger partial charge in [-0.05, 0) is 24.3 Å². The standard InChI is InChI=1S/C21H28N4O/c1-17(2)21(26)23-16-20(18-7-6-10-22-15-18)25-13-11-24(12-14-25)19-8-4-3-5-9-19/h3-10,15,17,20H,11-14,16H2,1-2H3,(H,23,26)/p+1. The summed E-state index contributed by atoms with van der Waals surface area (Å²) in [7, 11) is 0. The summed E-state index contributed by atoms with van der Waals surface area (Å²) in [6, 6.07) is 14.9. The maximum atomic E-state index is 12.1. The second-order valence-corrected chi connectivity index (χ2v) is 7.22. The fourth-order valence-electron chi connectivity index (χ4n) is 3.53. The average molecular weight is 353 g/mol. The minimum Gasteiger partial charge on any atom is -0.360 e. The Kier molecular flexibility index (Phi) is 6.23. The Morgan fingerprint density at radius 3 is 2.50 bits per heavy atom. The van der Waals surface area contributed by atoms with E-state index in [0.717, 1.165) is 26.2 Å². The lowest BCUT2D eigenvalue weighted by atomic mass is 10.1. The smallest absolute Gasteiger partial charge is 0.222 e. The van der Waals surface area contributed by atoms with Crippen LogP contribution in [0.4, 0.5) is 5.69 Å². The third-order valence-electron chi connectivity index (χ3n) is 5.11. The van der Waals surface area contributed by atoms with Gasteiger partial charge < -0.3 is 15.1 Å². The van der Waals surface area contributed by atoms with Crippen molar-refractivity contribution in [1.29, 1.82) is 0 Å². The van der Waals surface area contributed by atoms with Gasteiger partial charge >= 0.3 is 0 Å². The molecule has 0 radical (unpaired) electrons. The first-order valence-corrected chi connectivity index (χ1v) is 9.47. The first kappa shape index (κ1) is 18.4. The summed E-state index contributed by atoms with van der Waals surface area (Å²) in [5, 5.41) is 3.12. The van der Waals surface area contributed by atoms with Crippen LogP contribution in [0.25, 0.3) is 0 Å². The predicted molar refractivity (Wildman–Crippen MR) is 104 cm³/mol. The molecule has 1 unspecified atom stereocenters. The fraction of sp³-hybridized carbons (Fsp3) is 0.429. The van der Waals surface area contributed by atoms with Crippen LogP contribution in [0.2, 0.25) is 0 Å². The highest BCUT2D eigenvalue weighted by atomic mass is 16.1. The molecule has 2 heterocycles. The molecule has 1 atom stereocenters. The number of pyridine rings is 1. The third kappa shape index (κ3) is 4.61. The molecule has 1 amide bonds. The maximum Gasteiger partial charge on any atom is 0.222 e. The number of quaternary nitrogens is 1. The number of piperazine rings is 1. The summed E-state index contributed by atoms with van der Waals surface area (Å²) in [4.78, 5) is 20.3. The molecular weight excluding hydrogens is 324 g/mol. The van der Waals surface area contributed by atoms with Gasteiger partial charge in [-0.15, -0.1) is 0 Å². The zero-order chi connectivity index (χ0) is 18.4. The second-order valence-electron chi connectivity index (χ2n) is 7.22. The van der Waals surface area contributed by atoms with E-state index in [1.165, 1.54) is 16.2 Å². The highest BCUT2D eigenvalue weighted by Crippen LogP contribution is 2.14. The molecule has 26 heavy (non-hydrogen) atoms. The van der Waals surface area contributed by atoms with Crippen LogP contribution in [-0.4, -0.2) is 43.6 Å². The molecule has 0 saturated carbocycles. The quantitative estimate of drug-likeness (QED) is 0.823. The molecule has 1 fully saturated rings. The van der Waals surface area contributed by atoms with Gasteiger partial charge in [-0.25, -0.2) is 0 Å². The number of nitrogens with zero attached hydrogens (tertiary/aromatic N) is 2. The van der Waals surface area contributed by atoms with Crippen molar-refractivity contribution in [3.8, 4) is 0 Å². The first-order valence-electron chi connectivity index (χ1n) is 9.47. The Morgan fingerprint density at radius 1 is 1.15 bits per heavy atom. The SMILES string of the molecule is CC(C)C(=O)NCC(c1cccnc1)[NH+]1CCN(c2ccccc2)CC1. The van der Waals surface area contributed by atoms with Gasteiger partial charge in [0.2, 0.25) is 5.91 Å². The van der Waals surface area contributed by atoms with E-state index in [-0.39, 0.29) is 17.9 Å². The number of para-hydroxylation sites is 1. The molecule has 3 rings (SSSR count). The number of amides is 1. The topological polar surface area (TPSA) is 49.7 Å². The second kappa shape index (κ2) is 8.81. The number of carbonyl (C=O) groups is 1. The van der Waals surface area contributed by atoms with Crippen LogP contribution in [0.1, 0.15) is 25.5 Å². The largest absolute Gasteiger partial charge is 0.360 e. The van der Waals surface area contributed by atoms with Crippen molar-refractivity contribution in [2.24, 2.45) is 5.92 Å². The molecule has 0 spiro atoms. The van der Waals surface area contributed by atoms with E-state index in [1.807, 2.05) is 26.1 Å². The van der Waals surface area contributed by atoms with Gasteiger partial charge in [-0.3, -0.25) is 9.78 Å². The van der Waals surface area contributed by atoms with Crippen LogP contribution in [-0.2, 0) is 4.79 Å². The Bertz CT molecular complexity index is 682. The van der Waals surface area contributed by atoms with E-state index < -0.39 is 0 Å². The molecule has 5 nitrogen and oxygen atoms in total. The van der Waals surface area contributed by atoms with E-state index in [4.69, 9.17) is 0 Å². The van der Waals surface area contributed by atoms with Gasteiger partial charge in [0.1, 0.15) is 6.04 Å². The van der Waals surface area contributed by atoms with E-state index in [0.29, 0.717) is 6.54 Å². The maximum absolute atomic E-state index is 12.1. The van der Waals surface area contributed by atoms with Gasteiger partial charge in [-0.2, -0.15) is 0 Å². The fourth-order valence-corrected chi connectivity index (χ4v) is 3.53. The van der Waals surface area contributed by atoms with E-state index >= 15 is 0 Å². The van der Waals surface area contributed by atoms with Crippen LogP contribution in [0, 0.1) is 5.92 Å². The molecule has 138 valence electrons. The number of carbonyl (C=O) groups excluding carboxylic acids is 1. The molecule has 1 aliphatic rings. The molecular formula is C21H29N4O+. The highest BCUT2D eigenvalue weighted by Gasteiger charge is 2.29. The molecule has 0 bridgehead atoms. The highest BCUT2D eigenvalue weighted by molar-refractivity contribution is 5.77. The van der Waals surface area contributed by atoms with Gasteiger partial charge in [0.05, 0.1) is 32.7 Å². The van der Waals surface area contributed by atoms with Gasteiger partial charge in [0, 0.05) is 29.6 Å². The lowest BCUT2D eigenvalue weighted by molar-refractivity contribution is -0.931. The zero-order valence-electron chi connectivity index (χ0n) is 15.7. The van der Waals surface area contributed by atoms with Crippen LogP contribution in [0.15, 0.2) is 54.9 Å². The van der Waals surface area contributed by atoms with Crippen molar-refractivity contribution in [1.82, 2.24) is 10.3 Å². The predicted octanol–water partition coefficient (Wildman–Crippen LogP) is 1.30. The summed E-state index contributed by atoms with van der Waals surface area (Å²) in [5.74, 6) is 0.121. The van der Waals surface area contributed by atoms with Gasteiger partial charge in [0.25, 0.3) is 0 Å². The molecule has 2 N–H and O–H groups in total. The molecule has 0 aliphatic carbocycles. The van der Waals surface area contributed by atoms with Crippen molar-refractivity contribution in [2.45, 2.75) is 19.9 Å². The lowest BCUT2D eigenvalue weighted by Gasteiger charge is -2.37. The minimum absolute atomic E-state index is 0.00877. The minimum atomic E-state index is 0.00877.